The fraction of sp³-hybridized carbons (Fsp3) is 0.636. The van der Waals surface area contributed by atoms with Gasteiger partial charge in [0.15, 0.2) is 0 Å². The third-order valence-electron chi connectivity index (χ3n) is 6.52. The highest BCUT2D eigenvalue weighted by atomic mass is 32.1. The number of benzene rings is 1. The number of hydrogen-bond acceptors (Lipinski definition) is 5. The number of aromatic nitrogens is 1. The van der Waals surface area contributed by atoms with Crippen LogP contribution < -0.4 is 15.5 Å². The van der Waals surface area contributed by atoms with E-state index in [9.17, 15) is 9.18 Å². The summed E-state index contributed by atoms with van der Waals surface area (Å²) in [5.74, 6) is 0.696. The molecule has 1 aromatic heterocycles. The van der Waals surface area contributed by atoms with Crippen molar-refractivity contribution >= 4 is 33.5 Å². The van der Waals surface area contributed by atoms with Gasteiger partial charge in [0.05, 0.1) is 4.70 Å². The smallest absolute Gasteiger partial charge is 0.314 e. The van der Waals surface area contributed by atoms with Gasteiger partial charge >= 0.3 is 6.03 Å². The van der Waals surface area contributed by atoms with Crippen molar-refractivity contribution in [3.8, 4) is 0 Å². The van der Waals surface area contributed by atoms with E-state index < -0.39 is 5.67 Å². The van der Waals surface area contributed by atoms with Gasteiger partial charge in [0, 0.05) is 50.7 Å². The summed E-state index contributed by atoms with van der Waals surface area (Å²) in [5, 5.41) is 6.67. The van der Waals surface area contributed by atoms with E-state index in [4.69, 9.17) is 0 Å². The number of piperazine rings is 1. The zero-order chi connectivity index (χ0) is 21.8. The summed E-state index contributed by atoms with van der Waals surface area (Å²) in [6.07, 6.45) is 2.94. The maximum Gasteiger partial charge on any atom is 0.314 e. The first-order valence-corrected chi connectivity index (χ1v) is 12.0. The Morgan fingerprint density at radius 3 is 2.71 bits per heavy atom. The van der Waals surface area contributed by atoms with Crippen LogP contribution in [0.5, 0.6) is 0 Å². The van der Waals surface area contributed by atoms with Crippen molar-refractivity contribution in [1.29, 1.82) is 0 Å². The monoisotopic (exact) mass is 451 g/mol. The minimum absolute atomic E-state index is 0.0698. The van der Waals surface area contributed by atoms with Gasteiger partial charge in [0.2, 0.25) is 0 Å². The molecule has 0 atom stereocenters. The Kier molecular flexibility index (Phi) is 6.91. The zero-order valence-electron chi connectivity index (χ0n) is 18.0. The molecule has 1 aliphatic heterocycles. The van der Waals surface area contributed by atoms with Crippen molar-refractivity contribution in [3.63, 3.8) is 0 Å². The highest BCUT2D eigenvalue weighted by Gasteiger charge is 2.36. The van der Waals surface area contributed by atoms with Crippen LogP contribution in [-0.4, -0.2) is 66.3 Å². The predicted octanol–water partition coefficient (Wildman–Crippen LogP) is 3.92. The summed E-state index contributed by atoms with van der Waals surface area (Å²) in [5.41, 5.74) is -1.13. The molecule has 2 heterocycles. The van der Waals surface area contributed by atoms with Gasteiger partial charge in [-0.05, 0) is 68.8 Å². The molecule has 6 nitrogen and oxygen atoms in total. The number of fused-ring (bicyclic) bond motifs is 1. The zero-order valence-corrected chi connectivity index (χ0v) is 18.8. The molecule has 31 heavy (non-hydrogen) atoms. The first kappa shape index (κ1) is 22.2. The van der Waals surface area contributed by atoms with Gasteiger partial charge in [0.25, 0.3) is 0 Å². The lowest BCUT2D eigenvalue weighted by atomic mass is 9.81. The molecule has 4 rings (SSSR count). The van der Waals surface area contributed by atoms with Crippen LogP contribution in [0.25, 0.3) is 10.1 Å². The Hall–Kier alpha value is -2.00. The van der Waals surface area contributed by atoms with Gasteiger partial charge in [-0.3, -0.25) is 4.90 Å². The van der Waals surface area contributed by atoms with Crippen LogP contribution in [0, 0.1) is 5.82 Å². The molecular formula is C22H31F2N5OS. The molecule has 2 aliphatic rings. The highest BCUT2D eigenvalue weighted by Crippen LogP contribution is 2.35. The first-order valence-electron chi connectivity index (χ1n) is 11.2. The van der Waals surface area contributed by atoms with Crippen LogP contribution >= 0.6 is 11.5 Å². The number of hydrogen-bond donors (Lipinski definition) is 2. The second-order valence-corrected chi connectivity index (χ2v) is 9.46. The Morgan fingerprint density at radius 1 is 1.26 bits per heavy atom. The third-order valence-corrected chi connectivity index (χ3v) is 7.32. The molecule has 0 spiro atoms. The van der Waals surface area contributed by atoms with E-state index >= 15 is 4.39 Å². The van der Waals surface area contributed by atoms with Crippen molar-refractivity contribution in [2.24, 2.45) is 0 Å². The fourth-order valence-corrected chi connectivity index (χ4v) is 5.42. The second-order valence-electron chi connectivity index (χ2n) is 8.65. The Labute approximate surface area is 186 Å². The van der Waals surface area contributed by atoms with Crippen LogP contribution in [0.15, 0.2) is 18.2 Å². The van der Waals surface area contributed by atoms with Gasteiger partial charge in [-0.25, -0.2) is 13.6 Å². The summed E-state index contributed by atoms with van der Waals surface area (Å²) < 4.78 is 34.1. The molecule has 0 radical (unpaired) electrons. The van der Waals surface area contributed by atoms with Gasteiger partial charge in [0.1, 0.15) is 17.3 Å². The quantitative estimate of drug-likeness (QED) is 0.699. The number of carbonyl (C=O) groups excluding carboxylic acids is 1. The van der Waals surface area contributed by atoms with E-state index in [1.807, 2.05) is 6.92 Å². The SMILES string of the molecule is CCNC(=O)NC1CCC(F)(CCN2CCN(c3nsc4cc(F)ccc34)CC2)CC1. The Morgan fingerprint density at radius 2 is 2.00 bits per heavy atom. The Balaban J connectivity index is 1.22. The summed E-state index contributed by atoms with van der Waals surface area (Å²) in [4.78, 5) is 16.2. The summed E-state index contributed by atoms with van der Waals surface area (Å²) in [6.45, 7) is 6.66. The number of nitrogens with zero attached hydrogens (tertiary/aromatic N) is 3. The number of anilines is 1. The molecule has 1 aromatic carbocycles. The average Bonchev–Trinajstić information content (AvgIpc) is 3.18. The number of alkyl halides is 1. The molecular weight excluding hydrogens is 420 g/mol. The van der Waals surface area contributed by atoms with E-state index in [1.165, 1.54) is 23.7 Å². The van der Waals surface area contributed by atoms with Gasteiger partial charge in [-0.15, -0.1) is 0 Å². The van der Waals surface area contributed by atoms with E-state index in [1.54, 1.807) is 6.07 Å². The van der Waals surface area contributed by atoms with Crippen molar-refractivity contribution in [2.45, 2.75) is 50.7 Å². The summed E-state index contributed by atoms with van der Waals surface area (Å²) in [7, 11) is 0. The maximum atomic E-state index is 15.3. The van der Waals surface area contributed by atoms with E-state index in [2.05, 4.69) is 24.8 Å². The number of rotatable bonds is 6. The van der Waals surface area contributed by atoms with Crippen molar-refractivity contribution < 1.29 is 13.6 Å². The molecule has 9 heteroatoms. The third kappa shape index (κ3) is 5.44. The molecule has 1 saturated carbocycles. The fourth-order valence-electron chi connectivity index (χ4n) is 4.59. The number of urea groups is 1. The predicted molar refractivity (Wildman–Crippen MR) is 121 cm³/mol. The summed E-state index contributed by atoms with van der Waals surface area (Å²) in [6, 6.07) is 4.74. The molecule has 0 unspecified atom stereocenters. The molecule has 1 aliphatic carbocycles. The molecule has 1 saturated heterocycles. The number of halogens is 2. The molecule has 170 valence electrons. The lowest BCUT2D eigenvalue weighted by Crippen LogP contribution is -2.49. The van der Waals surface area contributed by atoms with Crippen LogP contribution in [0.3, 0.4) is 0 Å². The normalized spacial score (nSPS) is 25.0. The lowest BCUT2D eigenvalue weighted by Gasteiger charge is -2.38. The van der Waals surface area contributed by atoms with Crippen molar-refractivity contribution in [3.05, 3.63) is 24.0 Å². The number of carbonyl (C=O) groups is 1. The second kappa shape index (κ2) is 9.65. The van der Waals surface area contributed by atoms with Gasteiger partial charge in [-0.1, -0.05) is 0 Å². The molecule has 0 bridgehead atoms. The van der Waals surface area contributed by atoms with E-state index in [0.29, 0.717) is 38.6 Å². The van der Waals surface area contributed by atoms with Crippen LogP contribution in [0.4, 0.5) is 19.4 Å². The topological polar surface area (TPSA) is 60.5 Å². The van der Waals surface area contributed by atoms with Crippen molar-refractivity contribution in [2.75, 3.05) is 44.2 Å². The lowest BCUT2D eigenvalue weighted by molar-refractivity contribution is 0.0688. The highest BCUT2D eigenvalue weighted by molar-refractivity contribution is 7.13. The van der Waals surface area contributed by atoms with Crippen molar-refractivity contribution in [1.82, 2.24) is 19.9 Å². The first-order chi connectivity index (χ1) is 15.0. The summed E-state index contributed by atoms with van der Waals surface area (Å²) >= 11 is 1.33. The van der Waals surface area contributed by atoms with E-state index in [0.717, 1.165) is 48.6 Å². The van der Waals surface area contributed by atoms with Crippen LogP contribution in [0.2, 0.25) is 0 Å². The standard InChI is InChI=1S/C22H31F2N5OS/c1-2-25-21(30)26-17-5-7-22(24,8-6-17)9-10-28-11-13-29(14-12-28)20-18-4-3-16(23)15-19(18)31-27-20/h3-4,15,17H,2,5-14H2,1H3,(H2,25,26,30). The molecule has 2 fully saturated rings. The average molecular weight is 452 g/mol. The number of amides is 2. The molecule has 2 aromatic rings. The minimum atomic E-state index is -1.13. The Bertz CT molecular complexity index is 891. The molecule has 2 N–H and O–H groups in total. The van der Waals surface area contributed by atoms with Gasteiger partial charge in [-0.2, -0.15) is 4.37 Å². The van der Waals surface area contributed by atoms with E-state index in [-0.39, 0.29) is 17.9 Å². The maximum absolute atomic E-state index is 15.3. The van der Waals surface area contributed by atoms with Crippen LogP contribution in [-0.2, 0) is 0 Å². The number of nitrogens with one attached hydrogen (secondary N) is 2. The largest absolute Gasteiger partial charge is 0.353 e. The molecule has 2 amide bonds. The van der Waals surface area contributed by atoms with Gasteiger partial charge < -0.3 is 15.5 Å². The minimum Gasteiger partial charge on any atom is -0.353 e. The van der Waals surface area contributed by atoms with Crippen LogP contribution in [0.1, 0.15) is 39.0 Å².